The maximum atomic E-state index is 11.6. The van der Waals surface area contributed by atoms with Crippen molar-refractivity contribution in [3.63, 3.8) is 0 Å². The van der Waals surface area contributed by atoms with Crippen molar-refractivity contribution in [1.82, 2.24) is 9.38 Å². The van der Waals surface area contributed by atoms with E-state index in [2.05, 4.69) is 10.3 Å². The Morgan fingerprint density at radius 2 is 2.32 bits per heavy atom. The second kappa shape index (κ2) is 6.11. The molecule has 0 saturated heterocycles. The summed E-state index contributed by atoms with van der Waals surface area (Å²) in [6.07, 6.45) is 4.90. The Bertz CT molecular complexity index is 796. The molecule has 3 aromatic rings. The Morgan fingerprint density at radius 1 is 1.45 bits per heavy atom. The number of furan rings is 1. The molecule has 0 aromatic carbocycles. The average molecular weight is 320 g/mol. The van der Waals surface area contributed by atoms with E-state index in [1.54, 1.807) is 42.2 Å². The van der Waals surface area contributed by atoms with Crippen LogP contribution < -0.4 is 5.32 Å². The van der Waals surface area contributed by atoms with Crippen LogP contribution in [0.4, 0.5) is 5.82 Å². The summed E-state index contributed by atoms with van der Waals surface area (Å²) < 4.78 is 11.8. The first kappa shape index (κ1) is 14.5. The predicted octanol–water partition coefficient (Wildman–Crippen LogP) is 3.22. The number of fused-ring (bicyclic) bond motifs is 1. The third-order valence-corrected chi connectivity index (χ3v) is 3.31. The van der Waals surface area contributed by atoms with Gasteiger partial charge in [-0.15, -0.1) is 0 Å². The summed E-state index contributed by atoms with van der Waals surface area (Å²) in [5.41, 5.74) is 2.21. The number of rotatable bonds is 5. The molecule has 0 spiro atoms. The van der Waals surface area contributed by atoms with Gasteiger partial charge in [0.25, 0.3) is 0 Å². The minimum atomic E-state index is -0.336. The lowest BCUT2D eigenvalue weighted by Gasteiger charge is -2.07. The number of halogens is 1. The molecule has 3 aromatic heterocycles. The summed E-state index contributed by atoms with van der Waals surface area (Å²) in [6.45, 7) is 2.15. The van der Waals surface area contributed by atoms with Crippen LogP contribution in [-0.2, 0) is 9.53 Å². The van der Waals surface area contributed by atoms with Crippen molar-refractivity contribution >= 4 is 29.0 Å². The maximum Gasteiger partial charge on any atom is 0.325 e. The first-order chi connectivity index (χ1) is 10.7. The predicted molar refractivity (Wildman–Crippen MR) is 83.0 cm³/mol. The Kier molecular flexibility index (Phi) is 4.02. The number of nitrogens with one attached hydrogen (secondary N) is 1. The standard InChI is InChI=1S/C15H14ClN3O3/c1-2-22-13(20)7-17-15-14(10-5-6-21-9-10)18-12-4-3-11(16)8-19(12)15/h3-6,8-9,17H,2,7H2,1H3. The summed E-state index contributed by atoms with van der Waals surface area (Å²) in [5, 5.41) is 3.63. The van der Waals surface area contributed by atoms with E-state index >= 15 is 0 Å². The second-order valence-corrected chi connectivity index (χ2v) is 4.99. The van der Waals surface area contributed by atoms with E-state index in [1.807, 2.05) is 6.07 Å². The molecule has 0 unspecified atom stereocenters. The summed E-state index contributed by atoms with van der Waals surface area (Å²) in [7, 11) is 0. The zero-order chi connectivity index (χ0) is 15.5. The monoisotopic (exact) mass is 319 g/mol. The molecular formula is C15H14ClN3O3. The molecule has 0 bridgehead atoms. The van der Waals surface area contributed by atoms with Crippen molar-refractivity contribution < 1.29 is 13.9 Å². The van der Waals surface area contributed by atoms with Gasteiger partial charge in [0.15, 0.2) is 0 Å². The van der Waals surface area contributed by atoms with E-state index in [-0.39, 0.29) is 12.5 Å². The number of pyridine rings is 1. The SMILES string of the molecule is CCOC(=O)CNc1c(-c2ccoc2)nc2ccc(Cl)cn12. The van der Waals surface area contributed by atoms with Crippen LogP contribution in [0.25, 0.3) is 16.9 Å². The number of hydrogen-bond donors (Lipinski definition) is 1. The van der Waals surface area contributed by atoms with Crippen LogP contribution in [-0.4, -0.2) is 28.5 Å². The molecular weight excluding hydrogens is 306 g/mol. The van der Waals surface area contributed by atoms with Crippen LogP contribution in [0.5, 0.6) is 0 Å². The van der Waals surface area contributed by atoms with Gasteiger partial charge in [-0.1, -0.05) is 11.6 Å². The highest BCUT2D eigenvalue weighted by molar-refractivity contribution is 6.30. The minimum absolute atomic E-state index is 0.0407. The molecule has 0 saturated carbocycles. The van der Waals surface area contributed by atoms with E-state index in [0.717, 1.165) is 5.56 Å². The minimum Gasteiger partial charge on any atom is -0.472 e. The lowest BCUT2D eigenvalue weighted by Crippen LogP contribution is -2.17. The van der Waals surface area contributed by atoms with Crippen LogP contribution in [0.3, 0.4) is 0 Å². The molecule has 3 rings (SSSR count). The Labute approximate surface area is 131 Å². The molecule has 7 heteroatoms. The highest BCUT2D eigenvalue weighted by Gasteiger charge is 2.16. The molecule has 114 valence electrons. The van der Waals surface area contributed by atoms with Gasteiger partial charge in [0, 0.05) is 11.8 Å². The Morgan fingerprint density at radius 3 is 3.05 bits per heavy atom. The maximum absolute atomic E-state index is 11.6. The fourth-order valence-corrected chi connectivity index (χ4v) is 2.32. The number of esters is 1. The number of aromatic nitrogens is 2. The number of carbonyl (C=O) groups is 1. The highest BCUT2D eigenvalue weighted by Crippen LogP contribution is 2.29. The number of nitrogens with zero attached hydrogens (tertiary/aromatic N) is 2. The van der Waals surface area contributed by atoms with E-state index in [9.17, 15) is 4.79 Å². The molecule has 0 aliphatic heterocycles. The van der Waals surface area contributed by atoms with Gasteiger partial charge in [-0.05, 0) is 25.1 Å². The smallest absolute Gasteiger partial charge is 0.325 e. The zero-order valence-corrected chi connectivity index (χ0v) is 12.6. The van der Waals surface area contributed by atoms with E-state index in [4.69, 9.17) is 20.8 Å². The molecule has 6 nitrogen and oxygen atoms in total. The third kappa shape index (κ3) is 2.78. The normalized spacial score (nSPS) is 10.8. The number of anilines is 1. The summed E-state index contributed by atoms with van der Waals surface area (Å²) in [4.78, 5) is 16.1. The highest BCUT2D eigenvalue weighted by atomic mass is 35.5. The topological polar surface area (TPSA) is 68.8 Å². The van der Waals surface area contributed by atoms with Crippen molar-refractivity contribution in [2.24, 2.45) is 0 Å². The van der Waals surface area contributed by atoms with Gasteiger partial charge in [0.2, 0.25) is 0 Å². The summed E-state index contributed by atoms with van der Waals surface area (Å²) in [5.74, 6) is 0.324. The van der Waals surface area contributed by atoms with Crippen LogP contribution in [0.1, 0.15) is 6.92 Å². The van der Waals surface area contributed by atoms with Crippen molar-refractivity contribution in [1.29, 1.82) is 0 Å². The molecule has 22 heavy (non-hydrogen) atoms. The average Bonchev–Trinajstić information content (AvgIpc) is 3.12. The van der Waals surface area contributed by atoms with Gasteiger partial charge < -0.3 is 14.5 Å². The Hall–Kier alpha value is -2.47. The number of imidazole rings is 1. The zero-order valence-electron chi connectivity index (χ0n) is 11.9. The number of ether oxygens (including phenoxy) is 1. The molecule has 0 radical (unpaired) electrons. The van der Waals surface area contributed by atoms with Gasteiger partial charge in [0.1, 0.15) is 23.7 Å². The summed E-state index contributed by atoms with van der Waals surface area (Å²) in [6, 6.07) is 5.37. The van der Waals surface area contributed by atoms with Crippen molar-refractivity contribution in [2.75, 3.05) is 18.5 Å². The van der Waals surface area contributed by atoms with E-state index < -0.39 is 0 Å². The molecule has 0 aliphatic carbocycles. The first-order valence-corrected chi connectivity index (χ1v) is 7.16. The lowest BCUT2D eigenvalue weighted by molar-refractivity contribution is -0.140. The van der Waals surface area contributed by atoms with E-state index in [0.29, 0.717) is 28.8 Å². The number of hydrogen-bond acceptors (Lipinski definition) is 5. The van der Waals surface area contributed by atoms with Gasteiger partial charge in [-0.2, -0.15) is 0 Å². The first-order valence-electron chi connectivity index (χ1n) is 6.78. The Balaban J connectivity index is 2.02. The third-order valence-electron chi connectivity index (χ3n) is 3.08. The largest absolute Gasteiger partial charge is 0.472 e. The van der Waals surface area contributed by atoms with Gasteiger partial charge in [-0.3, -0.25) is 9.20 Å². The van der Waals surface area contributed by atoms with Gasteiger partial charge in [-0.25, -0.2) is 4.98 Å². The molecule has 1 N–H and O–H groups in total. The van der Waals surface area contributed by atoms with E-state index in [1.165, 1.54) is 0 Å². The molecule has 3 heterocycles. The summed E-state index contributed by atoms with van der Waals surface area (Å²) >= 11 is 6.05. The quantitative estimate of drug-likeness (QED) is 0.731. The van der Waals surface area contributed by atoms with Crippen molar-refractivity contribution in [3.8, 4) is 11.3 Å². The fourth-order valence-electron chi connectivity index (χ4n) is 2.16. The number of carbonyl (C=O) groups excluding carboxylic acids is 1. The fraction of sp³-hybridized carbons (Fsp3) is 0.200. The van der Waals surface area contributed by atoms with Crippen LogP contribution in [0, 0.1) is 0 Å². The molecule has 0 aliphatic rings. The van der Waals surface area contributed by atoms with Gasteiger partial charge >= 0.3 is 5.97 Å². The van der Waals surface area contributed by atoms with Crippen LogP contribution >= 0.6 is 11.6 Å². The second-order valence-electron chi connectivity index (χ2n) is 4.56. The molecule has 0 amide bonds. The van der Waals surface area contributed by atoms with Crippen LogP contribution in [0.15, 0.2) is 41.3 Å². The van der Waals surface area contributed by atoms with Crippen molar-refractivity contribution in [3.05, 3.63) is 41.9 Å². The van der Waals surface area contributed by atoms with Crippen molar-refractivity contribution in [2.45, 2.75) is 6.92 Å². The lowest BCUT2D eigenvalue weighted by atomic mass is 10.2. The van der Waals surface area contributed by atoms with Crippen LogP contribution in [0.2, 0.25) is 5.02 Å². The van der Waals surface area contributed by atoms with Gasteiger partial charge in [0.05, 0.1) is 24.2 Å². The molecule has 0 fully saturated rings. The molecule has 0 atom stereocenters.